The molecule has 1 atom stereocenters. The fourth-order valence-electron chi connectivity index (χ4n) is 2.98. The second-order valence-electron chi connectivity index (χ2n) is 6.48. The summed E-state index contributed by atoms with van der Waals surface area (Å²) in [4.78, 5) is 17.8. The highest BCUT2D eigenvalue weighted by Gasteiger charge is 2.41. The zero-order valence-electron chi connectivity index (χ0n) is 13.6. The highest BCUT2D eigenvalue weighted by atomic mass is 35.5. The average Bonchev–Trinajstić information content (AvgIpc) is 3.35. The van der Waals surface area contributed by atoms with Gasteiger partial charge in [-0.2, -0.15) is 0 Å². The number of carbonyl (C=O) groups is 1. The van der Waals surface area contributed by atoms with Gasteiger partial charge in [-0.25, -0.2) is 0 Å². The zero-order chi connectivity index (χ0) is 16.4. The minimum atomic E-state index is -0.301. The fourth-order valence-corrected chi connectivity index (χ4v) is 3.14. The Kier molecular flexibility index (Phi) is 4.55. The van der Waals surface area contributed by atoms with Crippen LogP contribution in [0.25, 0.3) is 5.57 Å². The third kappa shape index (κ3) is 3.65. The summed E-state index contributed by atoms with van der Waals surface area (Å²) in [7, 11) is 4.13. The molecule has 5 heteroatoms. The summed E-state index contributed by atoms with van der Waals surface area (Å²) in [5, 5.41) is 3.12. The highest BCUT2D eigenvalue weighted by molar-refractivity contribution is 6.64. The molecule has 1 aromatic heterocycles. The van der Waals surface area contributed by atoms with Gasteiger partial charge in [-0.3, -0.25) is 9.78 Å². The van der Waals surface area contributed by atoms with Gasteiger partial charge in [0.2, 0.25) is 5.24 Å². The summed E-state index contributed by atoms with van der Waals surface area (Å²) in [6.07, 6.45) is 12.8. The number of anilines is 1. The van der Waals surface area contributed by atoms with Crippen LogP contribution in [-0.2, 0) is 4.79 Å². The smallest absolute Gasteiger partial charge is 0.228 e. The van der Waals surface area contributed by atoms with E-state index in [2.05, 4.69) is 34.4 Å². The van der Waals surface area contributed by atoms with Crippen molar-refractivity contribution in [1.82, 2.24) is 10.3 Å². The lowest BCUT2D eigenvalue weighted by Gasteiger charge is -2.25. The molecule has 1 saturated carbocycles. The molecule has 1 unspecified atom stereocenters. The largest absolute Gasteiger partial charge is 0.371 e. The molecule has 0 saturated heterocycles. The Morgan fingerprint density at radius 2 is 2.26 bits per heavy atom. The van der Waals surface area contributed by atoms with Crippen molar-refractivity contribution < 1.29 is 4.79 Å². The molecule has 2 aliphatic rings. The molecule has 1 aromatic rings. The molecule has 4 nitrogen and oxygen atoms in total. The van der Waals surface area contributed by atoms with E-state index >= 15 is 0 Å². The van der Waals surface area contributed by atoms with Crippen molar-refractivity contribution in [2.75, 3.05) is 25.5 Å². The average molecular weight is 332 g/mol. The molecular formula is C18H22ClN3O. The summed E-state index contributed by atoms with van der Waals surface area (Å²) < 4.78 is 0. The normalized spacial score (nSPS) is 21.7. The van der Waals surface area contributed by atoms with Crippen LogP contribution in [0.2, 0.25) is 0 Å². The molecule has 0 radical (unpaired) electrons. The first-order valence-electron chi connectivity index (χ1n) is 7.96. The summed E-state index contributed by atoms with van der Waals surface area (Å²) in [6.45, 7) is 0.979. The van der Waals surface area contributed by atoms with Crippen molar-refractivity contribution in [3.8, 4) is 0 Å². The molecule has 2 aliphatic carbocycles. The van der Waals surface area contributed by atoms with Gasteiger partial charge in [0.05, 0.1) is 17.8 Å². The van der Waals surface area contributed by atoms with Crippen LogP contribution in [-0.4, -0.2) is 36.4 Å². The van der Waals surface area contributed by atoms with Crippen molar-refractivity contribution in [1.29, 1.82) is 0 Å². The fraction of sp³-hybridized carbons (Fsp3) is 0.444. The maximum atomic E-state index is 11.2. The second kappa shape index (κ2) is 6.46. The van der Waals surface area contributed by atoms with E-state index in [1.165, 1.54) is 12.8 Å². The van der Waals surface area contributed by atoms with Crippen LogP contribution in [0.15, 0.2) is 36.7 Å². The zero-order valence-corrected chi connectivity index (χ0v) is 14.3. The van der Waals surface area contributed by atoms with Gasteiger partial charge < -0.3 is 10.2 Å². The Hall–Kier alpha value is -1.65. The molecule has 1 N–H and O–H groups in total. The Morgan fingerprint density at radius 3 is 2.83 bits per heavy atom. The molecule has 0 aromatic carbocycles. The number of hydrogen-bond donors (Lipinski definition) is 1. The molecule has 1 fully saturated rings. The number of carbonyl (C=O) groups excluding carboxylic acids is 1. The Labute approximate surface area is 142 Å². The van der Waals surface area contributed by atoms with Crippen LogP contribution in [0.3, 0.4) is 0 Å². The van der Waals surface area contributed by atoms with Crippen LogP contribution in [0.1, 0.15) is 24.8 Å². The molecule has 0 bridgehead atoms. The number of hydrogen-bond acceptors (Lipinski definition) is 4. The molecule has 0 spiro atoms. The molecule has 3 rings (SSSR count). The SMILES string of the molecule is CNC1(CN(C)c2cncc(C3=CCC(C(=O)Cl)C=C3)c2)CC1. The number of rotatable bonds is 6. The number of aromatic nitrogens is 1. The second-order valence-corrected chi connectivity index (χ2v) is 6.86. The molecule has 1 heterocycles. The third-order valence-corrected chi connectivity index (χ3v) is 5.09. The van der Waals surface area contributed by atoms with Gasteiger partial charge in [0.25, 0.3) is 0 Å². The van der Waals surface area contributed by atoms with Crippen molar-refractivity contribution in [2.45, 2.75) is 24.8 Å². The number of nitrogens with zero attached hydrogens (tertiary/aromatic N) is 2. The number of likely N-dealkylation sites (N-methyl/N-ethyl adjacent to an activating group) is 2. The lowest BCUT2D eigenvalue weighted by atomic mass is 9.94. The van der Waals surface area contributed by atoms with E-state index in [9.17, 15) is 4.79 Å². The van der Waals surface area contributed by atoms with Gasteiger partial charge in [-0.15, -0.1) is 0 Å². The monoisotopic (exact) mass is 331 g/mol. The van der Waals surface area contributed by atoms with Gasteiger partial charge >= 0.3 is 0 Å². The van der Waals surface area contributed by atoms with E-state index in [1.807, 2.05) is 31.6 Å². The van der Waals surface area contributed by atoms with Crippen LogP contribution in [0.4, 0.5) is 5.69 Å². The van der Waals surface area contributed by atoms with E-state index in [1.54, 1.807) is 0 Å². The van der Waals surface area contributed by atoms with Crippen molar-refractivity contribution >= 4 is 28.1 Å². The molecule has 23 heavy (non-hydrogen) atoms. The van der Waals surface area contributed by atoms with E-state index in [4.69, 9.17) is 11.6 Å². The predicted octanol–water partition coefficient (Wildman–Crippen LogP) is 2.99. The van der Waals surface area contributed by atoms with Crippen molar-refractivity contribution in [3.63, 3.8) is 0 Å². The molecule has 122 valence electrons. The molecule has 0 aliphatic heterocycles. The third-order valence-electron chi connectivity index (χ3n) is 4.81. The quantitative estimate of drug-likeness (QED) is 0.814. The predicted molar refractivity (Wildman–Crippen MR) is 94.6 cm³/mol. The van der Waals surface area contributed by atoms with Crippen LogP contribution in [0.5, 0.6) is 0 Å². The first kappa shape index (κ1) is 16.2. The summed E-state index contributed by atoms with van der Waals surface area (Å²) in [5.74, 6) is -0.204. The number of allylic oxidation sites excluding steroid dienone is 4. The van der Waals surface area contributed by atoms with E-state index in [0.717, 1.165) is 23.4 Å². The van der Waals surface area contributed by atoms with Crippen LogP contribution >= 0.6 is 11.6 Å². The maximum absolute atomic E-state index is 11.2. The topological polar surface area (TPSA) is 45.2 Å². The lowest BCUT2D eigenvalue weighted by Crippen LogP contribution is -2.39. The minimum Gasteiger partial charge on any atom is -0.371 e. The number of nitrogens with one attached hydrogen (secondary N) is 1. The first-order valence-corrected chi connectivity index (χ1v) is 8.34. The van der Waals surface area contributed by atoms with Gasteiger partial charge in [0.1, 0.15) is 0 Å². The van der Waals surface area contributed by atoms with Crippen molar-refractivity contribution in [3.05, 3.63) is 42.3 Å². The van der Waals surface area contributed by atoms with Crippen LogP contribution < -0.4 is 10.2 Å². The summed E-state index contributed by atoms with van der Waals surface area (Å²) in [6, 6.07) is 2.15. The number of pyridine rings is 1. The van der Waals surface area contributed by atoms with E-state index < -0.39 is 0 Å². The minimum absolute atomic E-state index is 0.204. The van der Waals surface area contributed by atoms with E-state index in [-0.39, 0.29) is 16.7 Å². The Morgan fingerprint density at radius 1 is 1.48 bits per heavy atom. The maximum Gasteiger partial charge on any atom is 0.228 e. The van der Waals surface area contributed by atoms with Gasteiger partial charge in [0.15, 0.2) is 0 Å². The van der Waals surface area contributed by atoms with Gasteiger partial charge in [-0.1, -0.05) is 18.2 Å². The molecule has 0 amide bonds. The standard InChI is InChI=1S/C18H22ClN3O/c1-20-18(7-8-18)12-22(2)16-9-15(10-21-11-16)13-3-5-14(6-4-13)17(19)23/h3-5,9-11,14,20H,6-8,12H2,1-2H3. The lowest BCUT2D eigenvalue weighted by molar-refractivity contribution is -0.113. The van der Waals surface area contributed by atoms with Gasteiger partial charge in [-0.05, 0) is 49.6 Å². The first-order chi connectivity index (χ1) is 11.0. The highest BCUT2D eigenvalue weighted by Crippen LogP contribution is 2.36. The number of halogens is 1. The van der Waals surface area contributed by atoms with Crippen molar-refractivity contribution in [2.24, 2.45) is 5.92 Å². The Bertz CT molecular complexity index is 664. The summed E-state index contributed by atoms with van der Waals surface area (Å²) in [5.41, 5.74) is 3.54. The van der Waals surface area contributed by atoms with Crippen LogP contribution in [0, 0.1) is 5.92 Å². The summed E-state index contributed by atoms with van der Waals surface area (Å²) >= 11 is 5.55. The van der Waals surface area contributed by atoms with Gasteiger partial charge in [0, 0.05) is 30.9 Å². The van der Waals surface area contributed by atoms with E-state index in [0.29, 0.717) is 6.42 Å². The molecular weight excluding hydrogens is 310 g/mol. The Balaban J connectivity index is 1.73.